The highest BCUT2D eigenvalue weighted by Gasteiger charge is 2.04. The number of carbonyl (C=O) groups is 2. The Morgan fingerprint density at radius 3 is 2.70 bits per heavy atom. The topological polar surface area (TPSA) is 69.4 Å². The molecule has 0 saturated heterocycles. The van der Waals surface area contributed by atoms with E-state index in [2.05, 4.69) is 6.92 Å². The second kappa shape index (κ2) is 9.13. The van der Waals surface area contributed by atoms with Crippen LogP contribution in [0.5, 0.6) is 0 Å². The van der Waals surface area contributed by atoms with Crippen molar-refractivity contribution in [1.82, 2.24) is 0 Å². The normalized spacial score (nSPS) is 10.2. The number of esters is 1. The van der Waals surface area contributed by atoms with Gasteiger partial charge in [0.05, 0.1) is 6.61 Å². The summed E-state index contributed by atoms with van der Waals surface area (Å²) in [7, 11) is 0. The minimum absolute atomic E-state index is 0.121. The van der Waals surface area contributed by atoms with Crippen LogP contribution in [0.2, 0.25) is 0 Å². The van der Waals surface area contributed by atoms with Gasteiger partial charge in [0.1, 0.15) is 0 Å². The Morgan fingerprint density at radius 1 is 1.20 bits per heavy atom. The lowest BCUT2D eigenvalue weighted by molar-refractivity contribution is -0.143. The van der Waals surface area contributed by atoms with Crippen LogP contribution in [-0.2, 0) is 16.0 Å². The summed E-state index contributed by atoms with van der Waals surface area (Å²) < 4.78 is 5.09. The fourth-order valence-corrected chi connectivity index (χ4v) is 1.88. The maximum atomic E-state index is 11.4. The van der Waals surface area contributed by atoms with E-state index in [9.17, 15) is 9.59 Å². The van der Waals surface area contributed by atoms with Gasteiger partial charge in [0.2, 0.25) is 5.91 Å². The van der Waals surface area contributed by atoms with Gasteiger partial charge < -0.3 is 10.5 Å². The average molecular weight is 277 g/mol. The van der Waals surface area contributed by atoms with Crippen LogP contribution in [-0.4, -0.2) is 18.5 Å². The van der Waals surface area contributed by atoms with Crippen molar-refractivity contribution in [2.75, 3.05) is 6.61 Å². The molecule has 0 aliphatic carbocycles. The third-order valence-electron chi connectivity index (χ3n) is 3.07. The van der Waals surface area contributed by atoms with Crippen LogP contribution in [0.15, 0.2) is 24.3 Å². The molecule has 1 rings (SSSR count). The summed E-state index contributed by atoms with van der Waals surface area (Å²) in [5, 5.41) is 0. The first kappa shape index (κ1) is 16.2. The Morgan fingerprint density at radius 2 is 2.00 bits per heavy atom. The summed E-state index contributed by atoms with van der Waals surface area (Å²) in [6.45, 7) is 2.59. The van der Waals surface area contributed by atoms with Crippen LogP contribution in [0.4, 0.5) is 0 Å². The first-order valence-electron chi connectivity index (χ1n) is 7.18. The number of hydrogen-bond donors (Lipinski definition) is 1. The second-order valence-corrected chi connectivity index (χ2v) is 4.85. The third kappa shape index (κ3) is 6.36. The second-order valence-electron chi connectivity index (χ2n) is 4.85. The van der Waals surface area contributed by atoms with Crippen molar-refractivity contribution < 1.29 is 14.3 Å². The van der Waals surface area contributed by atoms with Crippen molar-refractivity contribution in [2.24, 2.45) is 5.73 Å². The SMILES string of the molecule is CCCCOC(=O)CCCCc1cccc(C(N)=O)c1. The number of unbranched alkanes of at least 4 members (excludes halogenated alkanes) is 2. The molecule has 0 unspecified atom stereocenters. The van der Waals surface area contributed by atoms with Crippen LogP contribution in [0.3, 0.4) is 0 Å². The molecule has 0 aromatic heterocycles. The molecule has 0 aliphatic rings. The molecule has 0 atom stereocenters. The molecule has 20 heavy (non-hydrogen) atoms. The van der Waals surface area contributed by atoms with Gasteiger partial charge in [-0.2, -0.15) is 0 Å². The monoisotopic (exact) mass is 277 g/mol. The minimum Gasteiger partial charge on any atom is -0.466 e. The van der Waals surface area contributed by atoms with Crippen molar-refractivity contribution in [3.8, 4) is 0 Å². The van der Waals surface area contributed by atoms with Gasteiger partial charge in [0, 0.05) is 12.0 Å². The van der Waals surface area contributed by atoms with E-state index < -0.39 is 5.91 Å². The Kier molecular flexibility index (Phi) is 7.40. The molecule has 4 heteroatoms. The molecule has 4 nitrogen and oxygen atoms in total. The number of rotatable bonds is 9. The van der Waals surface area contributed by atoms with Gasteiger partial charge in [0.15, 0.2) is 0 Å². The highest BCUT2D eigenvalue weighted by atomic mass is 16.5. The fourth-order valence-electron chi connectivity index (χ4n) is 1.88. The van der Waals surface area contributed by atoms with Crippen molar-refractivity contribution >= 4 is 11.9 Å². The minimum atomic E-state index is -0.411. The van der Waals surface area contributed by atoms with E-state index in [1.165, 1.54) is 0 Å². The standard InChI is InChI=1S/C16H23NO3/c1-2-3-11-20-15(18)10-5-4-7-13-8-6-9-14(12-13)16(17)19/h6,8-9,12H,2-5,7,10-11H2,1H3,(H2,17,19). The van der Waals surface area contributed by atoms with E-state index in [4.69, 9.17) is 10.5 Å². The molecule has 1 aromatic carbocycles. The van der Waals surface area contributed by atoms with E-state index in [1.54, 1.807) is 6.07 Å². The van der Waals surface area contributed by atoms with Gasteiger partial charge in [-0.3, -0.25) is 9.59 Å². The molecule has 1 aromatic rings. The molecule has 0 spiro atoms. The van der Waals surface area contributed by atoms with Crippen molar-refractivity contribution in [1.29, 1.82) is 0 Å². The van der Waals surface area contributed by atoms with E-state index in [0.29, 0.717) is 18.6 Å². The molecular weight excluding hydrogens is 254 g/mol. The maximum absolute atomic E-state index is 11.4. The van der Waals surface area contributed by atoms with Crippen LogP contribution >= 0.6 is 0 Å². The predicted molar refractivity (Wildman–Crippen MR) is 78.4 cm³/mol. The summed E-state index contributed by atoms with van der Waals surface area (Å²) in [5.41, 5.74) is 6.83. The molecule has 0 saturated carbocycles. The molecule has 110 valence electrons. The Hall–Kier alpha value is -1.84. The lowest BCUT2D eigenvalue weighted by Gasteiger charge is -2.05. The maximum Gasteiger partial charge on any atom is 0.305 e. The largest absolute Gasteiger partial charge is 0.466 e. The molecule has 0 aliphatic heterocycles. The summed E-state index contributed by atoms with van der Waals surface area (Å²) >= 11 is 0. The lowest BCUT2D eigenvalue weighted by Crippen LogP contribution is -2.11. The molecule has 0 bridgehead atoms. The number of benzene rings is 1. The van der Waals surface area contributed by atoms with E-state index in [1.807, 2.05) is 18.2 Å². The van der Waals surface area contributed by atoms with E-state index in [0.717, 1.165) is 37.7 Å². The molecule has 1 amide bonds. The highest BCUT2D eigenvalue weighted by molar-refractivity contribution is 5.92. The Balaban J connectivity index is 2.22. The first-order chi connectivity index (χ1) is 9.63. The summed E-state index contributed by atoms with van der Waals surface area (Å²) in [6, 6.07) is 7.30. The van der Waals surface area contributed by atoms with Crippen molar-refractivity contribution in [2.45, 2.75) is 45.4 Å². The number of aryl methyl sites for hydroxylation is 1. The number of carbonyl (C=O) groups excluding carboxylic acids is 2. The van der Waals surface area contributed by atoms with Crippen LogP contribution in [0.1, 0.15) is 54.9 Å². The summed E-state index contributed by atoms with van der Waals surface area (Å²) in [6.07, 6.45) is 4.94. The number of hydrogen-bond acceptors (Lipinski definition) is 3. The fraction of sp³-hybridized carbons (Fsp3) is 0.500. The zero-order valence-electron chi connectivity index (χ0n) is 12.1. The van der Waals surface area contributed by atoms with Gasteiger partial charge in [-0.05, 0) is 43.4 Å². The highest BCUT2D eigenvalue weighted by Crippen LogP contribution is 2.10. The Labute approximate surface area is 120 Å². The van der Waals surface area contributed by atoms with Crippen LogP contribution in [0, 0.1) is 0 Å². The number of amides is 1. The predicted octanol–water partition coefficient (Wildman–Crippen LogP) is 2.84. The molecular formula is C16H23NO3. The van der Waals surface area contributed by atoms with E-state index in [-0.39, 0.29) is 5.97 Å². The third-order valence-corrected chi connectivity index (χ3v) is 3.07. The van der Waals surface area contributed by atoms with Crippen LogP contribution in [0.25, 0.3) is 0 Å². The van der Waals surface area contributed by atoms with Gasteiger partial charge in [-0.1, -0.05) is 25.5 Å². The molecule has 2 N–H and O–H groups in total. The lowest BCUT2D eigenvalue weighted by atomic mass is 10.0. The number of primary amides is 1. The van der Waals surface area contributed by atoms with Gasteiger partial charge >= 0.3 is 5.97 Å². The number of nitrogens with two attached hydrogens (primary N) is 1. The van der Waals surface area contributed by atoms with Gasteiger partial charge in [-0.15, -0.1) is 0 Å². The average Bonchev–Trinajstić information content (AvgIpc) is 2.44. The summed E-state index contributed by atoms with van der Waals surface area (Å²) in [4.78, 5) is 22.4. The van der Waals surface area contributed by atoms with Crippen LogP contribution < -0.4 is 5.73 Å². The number of ether oxygens (including phenoxy) is 1. The quantitative estimate of drug-likeness (QED) is 0.557. The zero-order valence-corrected chi connectivity index (χ0v) is 12.1. The molecule has 0 radical (unpaired) electrons. The Bertz CT molecular complexity index is 443. The van der Waals surface area contributed by atoms with E-state index >= 15 is 0 Å². The summed E-state index contributed by atoms with van der Waals surface area (Å²) in [5.74, 6) is -0.532. The van der Waals surface area contributed by atoms with Crippen molar-refractivity contribution in [3.63, 3.8) is 0 Å². The van der Waals surface area contributed by atoms with Gasteiger partial charge in [0.25, 0.3) is 0 Å². The smallest absolute Gasteiger partial charge is 0.305 e. The van der Waals surface area contributed by atoms with Crippen molar-refractivity contribution in [3.05, 3.63) is 35.4 Å². The molecule has 0 heterocycles. The van der Waals surface area contributed by atoms with Gasteiger partial charge in [-0.25, -0.2) is 0 Å². The zero-order chi connectivity index (χ0) is 14.8. The molecule has 0 fully saturated rings. The first-order valence-corrected chi connectivity index (χ1v) is 7.18.